The molecule has 1 unspecified atom stereocenters. The van der Waals surface area contributed by atoms with Gasteiger partial charge in [-0.2, -0.15) is 0 Å². The molecule has 3 N–H and O–H groups in total. The van der Waals surface area contributed by atoms with Crippen molar-refractivity contribution >= 4 is 10.0 Å². The largest absolute Gasteiger partial charge is 0.367 e. The summed E-state index contributed by atoms with van der Waals surface area (Å²) in [6.07, 6.45) is 16.9. The first kappa shape index (κ1) is 29.8. The van der Waals surface area contributed by atoms with Crippen molar-refractivity contribution in [3.8, 4) is 0 Å². The van der Waals surface area contributed by atoms with E-state index in [0.29, 0.717) is 19.1 Å². The Bertz CT molecular complexity index is 542. The lowest BCUT2D eigenvalue weighted by Crippen LogP contribution is -2.47. The van der Waals surface area contributed by atoms with Crippen LogP contribution in [0.2, 0.25) is 0 Å². The van der Waals surface area contributed by atoms with E-state index in [4.69, 9.17) is 4.74 Å². The fourth-order valence-electron chi connectivity index (χ4n) is 4.44. The van der Waals surface area contributed by atoms with Crippen molar-refractivity contribution in [2.45, 2.75) is 135 Å². The average molecular weight is 477 g/mol. The highest BCUT2D eigenvalue weighted by Gasteiger charge is 2.27. The van der Waals surface area contributed by atoms with Gasteiger partial charge in [-0.3, -0.25) is 0 Å². The number of hydrogen-bond acceptors (Lipinski definition) is 5. The minimum atomic E-state index is -3.28. The van der Waals surface area contributed by atoms with Gasteiger partial charge < -0.3 is 15.2 Å². The predicted molar refractivity (Wildman–Crippen MR) is 134 cm³/mol. The molecule has 0 bridgehead atoms. The zero-order valence-electron chi connectivity index (χ0n) is 21.1. The smallest absolute Gasteiger partial charge is 0.211 e. The molecule has 6 nitrogen and oxygen atoms in total. The first-order valence-corrected chi connectivity index (χ1v) is 15.0. The van der Waals surface area contributed by atoms with Crippen LogP contribution in [0.1, 0.15) is 117 Å². The van der Waals surface area contributed by atoms with Gasteiger partial charge in [-0.1, -0.05) is 97.8 Å². The van der Waals surface area contributed by atoms with E-state index in [1.807, 2.05) is 0 Å². The van der Waals surface area contributed by atoms with Gasteiger partial charge in [-0.15, -0.1) is 0 Å². The van der Waals surface area contributed by atoms with Gasteiger partial charge >= 0.3 is 0 Å². The normalized spacial score (nSPS) is 20.3. The van der Waals surface area contributed by atoms with Crippen molar-refractivity contribution in [3.63, 3.8) is 0 Å². The summed E-state index contributed by atoms with van der Waals surface area (Å²) >= 11 is 0. The summed E-state index contributed by atoms with van der Waals surface area (Å²) in [6, 6.07) is -0.273. The first-order valence-electron chi connectivity index (χ1n) is 13.4. The molecule has 0 saturated carbocycles. The third-order valence-electron chi connectivity index (χ3n) is 6.31. The summed E-state index contributed by atoms with van der Waals surface area (Å²) in [7, 11) is -3.28. The van der Waals surface area contributed by atoms with E-state index in [1.165, 1.54) is 64.2 Å². The lowest BCUT2D eigenvalue weighted by atomic mass is 10.0. The van der Waals surface area contributed by atoms with Crippen molar-refractivity contribution in [2.24, 2.45) is 5.92 Å². The number of rotatable bonds is 21. The van der Waals surface area contributed by atoms with Crippen LogP contribution < -0.4 is 10.0 Å². The van der Waals surface area contributed by atoms with E-state index in [9.17, 15) is 13.5 Å². The summed E-state index contributed by atoms with van der Waals surface area (Å²) in [5, 5.41) is 13.1. The fraction of sp³-hybridized carbons (Fsp3) is 1.00. The Morgan fingerprint density at radius 2 is 1.44 bits per heavy atom. The molecular formula is C25H52N2O4S. The first-order chi connectivity index (χ1) is 15.3. The molecule has 1 rings (SSSR count). The monoisotopic (exact) mass is 476 g/mol. The van der Waals surface area contributed by atoms with Crippen LogP contribution >= 0.6 is 0 Å². The molecule has 0 aliphatic carbocycles. The van der Waals surface area contributed by atoms with Crippen molar-refractivity contribution in [1.29, 1.82) is 0 Å². The highest BCUT2D eigenvalue weighted by atomic mass is 32.2. The third-order valence-corrected chi connectivity index (χ3v) is 7.83. The van der Waals surface area contributed by atoms with Crippen molar-refractivity contribution < 1.29 is 18.3 Å². The summed E-state index contributed by atoms with van der Waals surface area (Å²) in [5.74, 6) is 0.597. The molecule has 0 radical (unpaired) electrons. The molecule has 7 heteroatoms. The predicted octanol–water partition coefficient (Wildman–Crippen LogP) is 5.11. The number of hydrogen-bond donors (Lipinski definition) is 3. The van der Waals surface area contributed by atoms with Crippen molar-refractivity contribution in [2.75, 3.05) is 18.9 Å². The van der Waals surface area contributed by atoms with Gasteiger partial charge in [-0.25, -0.2) is 13.1 Å². The van der Waals surface area contributed by atoms with E-state index in [1.54, 1.807) is 0 Å². The highest BCUT2D eigenvalue weighted by molar-refractivity contribution is 7.89. The molecule has 0 aromatic heterocycles. The molecule has 192 valence electrons. The average Bonchev–Trinajstić information content (AvgIpc) is 3.13. The molecule has 0 amide bonds. The van der Waals surface area contributed by atoms with Crippen LogP contribution in [0.5, 0.6) is 0 Å². The Morgan fingerprint density at radius 1 is 0.906 bits per heavy atom. The highest BCUT2D eigenvalue weighted by Crippen LogP contribution is 2.14. The molecule has 3 atom stereocenters. The zero-order chi connectivity index (χ0) is 23.7. The van der Waals surface area contributed by atoms with Gasteiger partial charge in [0.15, 0.2) is 6.29 Å². The molecule has 1 heterocycles. The number of aliphatic hydroxyl groups excluding tert-OH is 1. The summed E-state index contributed by atoms with van der Waals surface area (Å²) in [5.41, 5.74) is 0. The number of aliphatic hydroxyl groups is 1. The van der Waals surface area contributed by atoms with E-state index < -0.39 is 16.3 Å². The fourth-order valence-corrected chi connectivity index (χ4v) is 5.83. The maximum Gasteiger partial charge on any atom is 0.211 e. The number of unbranched alkanes of at least 4 members (excludes halogenated alkanes) is 12. The van der Waals surface area contributed by atoms with Crippen molar-refractivity contribution in [1.82, 2.24) is 10.0 Å². The van der Waals surface area contributed by atoms with Crippen LogP contribution in [0.3, 0.4) is 0 Å². The maximum atomic E-state index is 12.6. The van der Waals surface area contributed by atoms with E-state index in [-0.39, 0.29) is 17.8 Å². The number of ether oxygens (including phenoxy) is 1. The van der Waals surface area contributed by atoms with Crippen LogP contribution in [0.4, 0.5) is 0 Å². The third kappa shape index (κ3) is 15.6. The van der Waals surface area contributed by atoms with E-state index in [0.717, 1.165) is 32.1 Å². The minimum absolute atomic E-state index is 0.116. The molecule has 1 saturated heterocycles. The van der Waals surface area contributed by atoms with Crippen LogP contribution in [-0.2, 0) is 14.8 Å². The Morgan fingerprint density at radius 3 is 1.91 bits per heavy atom. The summed E-state index contributed by atoms with van der Waals surface area (Å²) in [4.78, 5) is 0. The van der Waals surface area contributed by atoms with E-state index in [2.05, 4.69) is 30.8 Å². The Labute approximate surface area is 198 Å². The molecular weight excluding hydrogens is 424 g/mol. The second-order valence-corrected chi connectivity index (χ2v) is 11.9. The molecule has 1 aliphatic heterocycles. The second kappa shape index (κ2) is 18.2. The Balaban J connectivity index is 2.11. The topological polar surface area (TPSA) is 87.7 Å². The standard InChI is InChI=1S/C25H52N2O4S/c1-4-5-6-7-8-9-10-11-12-13-14-15-16-19-32(29,30)27-23(20-22(2)3)21-26-24-17-18-31-25(24)28/h22-28H,4-21H2,1-3H3/t23-,24+,25?/m1/s1. The maximum absolute atomic E-state index is 12.6. The summed E-state index contributed by atoms with van der Waals surface area (Å²) < 4.78 is 33.2. The Hall–Kier alpha value is -0.210. The van der Waals surface area contributed by atoms with E-state index >= 15 is 0 Å². The van der Waals surface area contributed by atoms with Gasteiger partial charge in [0.05, 0.1) is 18.4 Å². The van der Waals surface area contributed by atoms with Crippen LogP contribution in [-0.4, -0.2) is 50.8 Å². The van der Waals surface area contributed by atoms with Gasteiger partial charge in [0.1, 0.15) is 0 Å². The number of nitrogens with one attached hydrogen (secondary N) is 2. The Kier molecular flexibility index (Phi) is 16.9. The minimum Gasteiger partial charge on any atom is -0.367 e. The summed E-state index contributed by atoms with van der Waals surface area (Å²) in [6.45, 7) is 7.51. The molecule has 32 heavy (non-hydrogen) atoms. The molecule has 1 fully saturated rings. The number of sulfonamides is 1. The molecule has 0 aromatic rings. The quantitative estimate of drug-likeness (QED) is 0.200. The van der Waals surface area contributed by atoms with Crippen LogP contribution in [0.25, 0.3) is 0 Å². The van der Waals surface area contributed by atoms with Gasteiger partial charge in [-0.05, 0) is 25.2 Å². The zero-order valence-corrected chi connectivity index (χ0v) is 21.9. The SMILES string of the molecule is CCCCCCCCCCCCCCCS(=O)(=O)N[C@@H](CN[C@H]1CCOC1O)CC(C)C. The second-order valence-electron chi connectivity index (χ2n) is 10.1. The lowest BCUT2D eigenvalue weighted by Gasteiger charge is -2.24. The van der Waals surface area contributed by atoms with Crippen LogP contribution in [0, 0.1) is 5.92 Å². The van der Waals surface area contributed by atoms with Gasteiger partial charge in [0, 0.05) is 12.6 Å². The van der Waals surface area contributed by atoms with Crippen LogP contribution in [0.15, 0.2) is 0 Å². The molecule has 0 aromatic carbocycles. The lowest BCUT2D eigenvalue weighted by molar-refractivity contribution is -0.0718. The van der Waals surface area contributed by atoms with Gasteiger partial charge in [0.2, 0.25) is 10.0 Å². The van der Waals surface area contributed by atoms with Gasteiger partial charge in [0.25, 0.3) is 0 Å². The van der Waals surface area contributed by atoms with Crippen molar-refractivity contribution in [3.05, 3.63) is 0 Å². The molecule has 0 spiro atoms. The molecule has 1 aliphatic rings.